The number of rotatable bonds is 5. The number of nitrogens with zero attached hydrogens (tertiary/aromatic N) is 3. The lowest BCUT2D eigenvalue weighted by Gasteiger charge is -2.05. The molecule has 0 aliphatic carbocycles. The third kappa shape index (κ3) is 3.83. The number of pyridine rings is 1. The molecule has 0 spiro atoms. The second kappa shape index (κ2) is 8.12. The van der Waals surface area contributed by atoms with Gasteiger partial charge < -0.3 is 9.84 Å². The van der Waals surface area contributed by atoms with Crippen molar-refractivity contribution in [1.29, 1.82) is 0 Å². The number of carbonyl (C=O) groups is 1. The Morgan fingerprint density at radius 1 is 1.06 bits per heavy atom. The molecule has 1 amide bonds. The van der Waals surface area contributed by atoms with E-state index in [1.807, 2.05) is 55.5 Å². The van der Waals surface area contributed by atoms with E-state index in [4.69, 9.17) is 4.52 Å². The predicted octanol–water partition coefficient (Wildman–Crippen LogP) is 5.25. The van der Waals surface area contributed by atoms with Crippen molar-refractivity contribution in [2.75, 3.05) is 0 Å². The highest BCUT2D eigenvalue weighted by Crippen LogP contribution is 2.30. The Labute approximate surface area is 182 Å². The van der Waals surface area contributed by atoms with Gasteiger partial charge in [0.15, 0.2) is 5.76 Å². The third-order valence-corrected chi connectivity index (χ3v) is 6.19. The summed E-state index contributed by atoms with van der Waals surface area (Å²) in [5.74, 6) is 0.502. The second-order valence-electron chi connectivity index (χ2n) is 7.06. The second-order valence-corrected chi connectivity index (χ2v) is 8.15. The van der Waals surface area contributed by atoms with Crippen molar-refractivity contribution < 1.29 is 9.32 Å². The van der Waals surface area contributed by atoms with Crippen LogP contribution in [0.2, 0.25) is 0 Å². The van der Waals surface area contributed by atoms with Crippen LogP contribution in [-0.2, 0) is 6.54 Å². The minimum absolute atomic E-state index is 0.155. The van der Waals surface area contributed by atoms with Gasteiger partial charge in [0.2, 0.25) is 0 Å². The standard InChI is InChI=1S/C24H18N4O2S/c1-15-21(31-24(27-15)18-8-5-11-25-13-18)14-26-23(29)17-9-10-20-19(12-17)22(30-28-20)16-6-3-2-4-7-16/h2-13H,14H2,1H3,(H,26,29). The Bertz CT molecular complexity index is 1360. The smallest absolute Gasteiger partial charge is 0.251 e. The molecular formula is C24H18N4O2S. The van der Waals surface area contributed by atoms with E-state index < -0.39 is 0 Å². The number of nitrogens with one attached hydrogen (secondary N) is 1. The summed E-state index contributed by atoms with van der Waals surface area (Å²) in [4.78, 5) is 22.6. The van der Waals surface area contributed by atoms with Gasteiger partial charge in [-0.05, 0) is 37.3 Å². The molecule has 0 fully saturated rings. The van der Waals surface area contributed by atoms with Gasteiger partial charge in [-0.3, -0.25) is 9.78 Å². The molecule has 5 rings (SSSR count). The fourth-order valence-electron chi connectivity index (χ4n) is 3.35. The van der Waals surface area contributed by atoms with E-state index >= 15 is 0 Å². The van der Waals surface area contributed by atoms with Crippen molar-refractivity contribution >= 4 is 28.1 Å². The molecule has 152 valence electrons. The van der Waals surface area contributed by atoms with Gasteiger partial charge in [0.25, 0.3) is 5.91 Å². The van der Waals surface area contributed by atoms with Crippen molar-refractivity contribution in [3.05, 3.63) is 89.2 Å². The Morgan fingerprint density at radius 3 is 2.71 bits per heavy atom. The maximum absolute atomic E-state index is 12.8. The van der Waals surface area contributed by atoms with Crippen molar-refractivity contribution in [2.45, 2.75) is 13.5 Å². The number of hydrogen-bond acceptors (Lipinski definition) is 6. The molecule has 7 heteroatoms. The first kappa shape index (κ1) is 19.1. The van der Waals surface area contributed by atoms with Gasteiger partial charge >= 0.3 is 0 Å². The molecular weight excluding hydrogens is 408 g/mol. The maximum Gasteiger partial charge on any atom is 0.251 e. The normalized spacial score (nSPS) is 11.0. The molecule has 0 saturated carbocycles. The topological polar surface area (TPSA) is 80.9 Å². The Hall–Kier alpha value is -3.84. The van der Waals surface area contributed by atoms with E-state index in [2.05, 4.69) is 20.4 Å². The van der Waals surface area contributed by atoms with Crippen LogP contribution >= 0.6 is 11.3 Å². The van der Waals surface area contributed by atoms with Gasteiger partial charge in [-0.25, -0.2) is 4.98 Å². The number of hydrogen-bond donors (Lipinski definition) is 1. The van der Waals surface area contributed by atoms with Crippen molar-refractivity contribution in [3.8, 4) is 21.9 Å². The summed E-state index contributed by atoms with van der Waals surface area (Å²) >= 11 is 1.56. The van der Waals surface area contributed by atoms with Crippen LogP contribution in [0.3, 0.4) is 0 Å². The van der Waals surface area contributed by atoms with Crippen LogP contribution in [0, 0.1) is 6.92 Å². The van der Waals surface area contributed by atoms with Crippen LogP contribution in [-0.4, -0.2) is 21.0 Å². The van der Waals surface area contributed by atoms with E-state index in [0.29, 0.717) is 17.9 Å². The van der Waals surface area contributed by atoms with E-state index in [9.17, 15) is 4.79 Å². The fourth-order valence-corrected chi connectivity index (χ4v) is 4.34. The summed E-state index contributed by atoms with van der Waals surface area (Å²) < 4.78 is 5.53. The Kier molecular flexibility index (Phi) is 5.01. The molecule has 0 saturated heterocycles. The summed E-state index contributed by atoms with van der Waals surface area (Å²) in [6.45, 7) is 2.36. The van der Waals surface area contributed by atoms with Crippen molar-refractivity contribution in [2.24, 2.45) is 0 Å². The average Bonchev–Trinajstić information content (AvgIpc) is 3.41. The summed E-state index contributed by atoms with van der Waals surface area (Å²) in [5, 5.41) is 8.82. The molecule has 0 aliphatic rings. The van der Waals surface area contributed by atoms with Crippen LogP contribution in [0.5, 0.6) is 0 Å². The van der Waals surface area contributed by atoms with E-state index in [1.165, 1.54) is 0 Å². The van der Waals surface area contributed by atoms with Gasteiger partial charge in [0.05, 0.1) is 17.6 Å². The molecule has 0 bridgehead atoms. The first-order valence-electron chi connectivity index (χ1n) is 9.79. The van der Waals surface area contributed by atoms with E-state index in [-0.39, 0.29) is 5.91 Å². The molecule has 0 unspecified atom stereocenters. The zero-order valence-corrected chi connectivity index (χ0v) is 17.5. The van der Waals surface area contributed by atoms with Gasteiger partial charge in [-0.2, -0.15) is 0 Å². The van der Waals surface area contributed by atoms with Crippen LogP contribution < -0.4 is 5.32 Å². The largest absolute Gasteiger partial charge is 0.355 e. The minimum atomic E-state index is -0.155. The number of carbonyl (C=O) groups excluding carboxylic acids is 1. The highest BCUT2D eigenvalue weighted by atomic mass is 32.1. The summed E-state index contributed by atoms with van der Waals surface area (Å²) in [5.41, 5.74) is 4.08. The molecule has 5 aromatic rings. The van der Waals surface area contributed by atoms with Gasteiger partial charge in [-0.1, -0.05) is 35.5 Å². The number of aromatic nitrogens is 3. The lowest BCUT2D eigenvalue weighted by molar-refractivity contribution is 0.0951. The van der Waals surface area contributed by atoms with Crippen molar-refractivity contribution in [3.63, 3.8) is 0 Å². The number of amides is 1. The third-order valence-electron chi connectivity index (χ3n) is 4.99. The zero-order chi connectivity index (χ0) is 21.2. The number of aryl methyl sites for hydroxylation is 1. The molecule has 0 aliphatic heterocycles. The van der Waals surface area contributed by atoms with Crippen LogP contribution in [0.1, 0.15) is 20.9 Å². The van der Waals surface area contributed by atoms with Gasteiger partial charge in [0, 0.05) is 34.0 Å². The lowest BCUT2D eigenvalue weighted by atomic mass is 10.1. The molecule has 0 radical (unpaired) electrons. The minimum Gasteiger partial charge on any atom is -0.355 e. The van der Waals surface area contributed by atoms with Crippen LogP contribution in [0.4, 0.5) is 0 Å². The summed E-state index contributed by atoms with van der Waals surface area (Å²) in [6, 6.07) is 19.0. The van der Waals surface area contributed by atoms with Gasteiger partial charge in [-0.15, -0.1) is 11.3 Å². The highest BCUT2D eigenvalue weighted by molar-refractivity contribution is 7.15. The summed E-state index contributed by atoms with van der Waals surface area (Å²) in [6.07, 6.45) is 3.53. The fraction of sp³-hybridized carbons (Fsp3) is 0.0833. The number of thiazole rings is 1. The zero-order valence-electron chi connectivity index (χ0n) is 16.7. The number of benzene rings is 2. The molecule has 3 heterocycles. The SMILES string of the molecule is Cc1nc(-c2cccnc2)sc1CNC(=O)c1ccc2noc(-c3ccccc3)c2c1. The molecule has 0 atom stereocenters. The monoisotopic (exact) mass is 426 g/mol. The molecule has 3 aromatic heterocycles. The lowest BCUT2D eigenvalue weighted by Crippen LogP contribution is -2.22. The van der Waals surface area contributed by atoms with Crippen LogP contribution in [0.25, 0.3) is 32.8 Å². The predicted molar refractivity (Wildman–Crippen MR) is 121 cm³/mol. The van der Waals surface area contributed by atoms with Crippen molar-refractivity contribution in [1.82, 2.24) is 20.4 Å². The van der Waals surface area contributed by atoms with E-state index in [0.717, 1.165) is 37.6 Å². The average molecular weight is 427 g/mol. The first-order chi connectivity index (χ1) is 15.2. The molecule has 2 aromatic carbocycles. The summed E-state index contributed by atoms with van der Waals surface area (Å²) in [7, 11) is 0. The van der Waals surface area contributed by atoms with E-state index in [1.54, 1.807) is 35.9 Å². The molecule has 6 nitrogen and oxygen atoms in total. The first-order valence-corrected chi connectivity index (χ1v) is 10.6. The number of fused-ring (bicyclic) bond motifs is 1. The molecule has 1 N–H and O–H groups in total. The Morgan fingerprint density at radius 2 is 1.90 bits per heavy atom. The maximum atomic E-state index is 12.8. The highest BCUT2D eigenvalue weighted by Gasteiger charge is 2.15. The van der Waals surface area contributed by atoms with Gasteiger partial charge in [0.1, 0.15) is 10.5 Å². The molecule has 31 heavy (non-hydrogen) atoms. The van der Waals surface area contributed by atoms with Crippen LogP contribution in [0.15, 0.2) is 77.6 Å². The quantitative estimate of drug-likeness (QED) is 0.415. The Balaban J connectivity index is 1.36.